The third-order valence-electron chi connectivity index (χ3n) is 2.81. The monoisotopic (exact) mass is 326 g/mol. The molecule has 0 amide bonds. The predicted molar refractivity (Wildman–Crippen MR) is 72.6 cm³/mol. The number of aldehydes is 1. The lowest BCUT2D eigenvalue weighted by Gasteiger charge is -2.16. The zero-order valence-corrected chi connectivity index (χ0v) is 11.3. The number of carbonyl (C=O) groups excluding carboxylic acids is 1. The van der Waals surface area contributed by atoms with Gasteiger partial charge in [0.1, 0.15) is 18.0 Å². The van der Waals surface area contributed by atoms with Gasteiger partial charge in [0.05, 0.1) is 17.1 Å². The Kier molecular flexibility index (Phi) is 4.14. The van der Waals surface area contributed by atoms with E-state index in [1.165, 1.54) is 12.1 Å². The van der Waals surface area contributed by atoms with E-state index in [0.717, 1.165) is 6.26 Å². The summed E-state index contributed by atoms with van der Waals surface area (Å²) in [6.07, 6.45) is -0.593. The number of halogens is 1. The molecule has 1 aromatic carbocycles. The van der Waals surface area contributed by atoms with Crippen molar-refractivity contribution >= 4 is 33.2 Å². The second-order valence-corrected chi connectivity index (χ2v) is 4.71. The van der Waals surface area contributed by atoms with Crippen LogP contribution < -0.4 is 5.43 Å². The topological polar surface area (TPSA) is 87.7 Å². The van der Waals surface area contributed by atoms with E-state index >= 15 is 0 Å². The van der Waals surface area contributed by atoms with E-state index in [9.17, 15) is 19.8 Å². The van der Waals surface area contributed by atoms with Crippen LogP contribution in [0.3, 0.4) is 0 Å². The lowest BCUT2D eigenvalue weighted by atomic mass is 10.0. The average molecular weight is 327 g/mol. The Morgan fingerprint density at radius 3 is 2.74 bits per heavy atom. The first-order valence-corrected chi connectivity index (χ1v) is 6.63. The summed E-state index contributed by atoms with van der Waals surface area (Å²) in [5.41, 5.74) is 0.161. The highest BCUT2D eigenvalue weighted by Crippen LogP contribution is 2.22. The van der Waals surface area contributed by atoms with Crippen molar-refractivity contribution in [1.82, 2.24) is 0 Å². The van der Waals surface area contributed by atoms with Crippen LogP contribution in [-0.2, 0) is 0 Å². The molecule has 1 aromatic heterocycles. The van der Waals surface area contributed by atoms with Crippen molar-refractivity contribution in [3.8, 4) is 0 Å². The lowest BCUT2D eigenvalue weighted by molar-refractivity contribution is 0.0343. The Balaban J connectivity index is 2.59. The number of fused-ring (bicyclic) bond motifs is 1. The molecule has 1 heterocycles. The molecule has 0 bridgehead atoms. The SMILES string of the molecule is O=Cc1coc2ccc(C(O)C(O)CBr)cc2c1=O. The molecule has 0 aliphatic carbocycles. The Bertz CT molecular complexity index is 664. The van der Waals surface area contributed by atoms with Crippen LogP contribution in [0.25, 0.3) is 11.0 Å². The molecule has 5 nitrogen and oxygen atoms in total. The molecule has 2 atom stereocenters. The summed E-state index contributed by atoms with van der Waals surface area (Å²) in [5.74, 6) is 0. The fourth-order valence-electron chi connectivity index (χ4n) is 1.74. The standard InChI is InChI=1S/C13H11BrO5/c14-4-10(16)13(18)7-1-2-11-9(3-7)12(17)8(5-15)6-19-11/h1-3,5-6,10,13,16,18H,4H2. The van der Waals surface area contributed by atoms with E-state index in [4.69, 9.17) is 4.42 Å². The molecule has 2 aromatic rings. The minimum absolute atomic E-state index is 0.0832. The smallest absolute Gasteiger partial charge is 0.203 e. The molecule has 0 aliphatic rings. The second kappa shape index (κ2) is 5.64. The minimum atomic E-state index is -1.12. The number of aliphatic hydroxyl groups excluding tert-OH is 2. The molecule has 0 saturated heterocycles. The van der Waals surface area contributed by atoms with Gasteiger partial charge in [-0.2, -0.15) is 0 Å². The number of hydrogen-bond acceptors (Lipinski definition) is 5. The summed E-state index contributed by atoms with van der Waals surface area (Å²) in [6, 6.07) is 4.50. The van der Waals surface area contributed by atoms with Crippen LogP contribution in [0.5, 0.6) is 0 Å². The number of benzene rings is 1. The zero-order valence-electron chi connectivity index (χ0n) is 9.75. The van der Waals surface area contributed by atoms with Crippen molar-refractivity contribution in [3.63, 3.8) is 0 Å². The van der Waals surface area contributed by atoms with Gasteiger partial charge in [0.25, 0.3) is 0 Å². The van der Waals surface area contributed by atoms with E-state index in [-0.39, 0.29) is 16.3 Å². The maximum atomic E-state index is 11.9. The highest BCUT2D eigenvalue weighted by atomic mass is 79.9. The number of hydrogen-bond donors (Lipinski definition) is 2. The van der Waals surface area contributed by atoms with Crippen LogP contribution in [0, 0.1) is 0 Å². The molecule has 0 radical (unpaired) electrons. The number of rotatable bonds is 4. The van der Waals surface area contributed by atoms with Gasteiger partial charge in [-0.25, -0.2) is 0 Å². The van der Waals surface area contributed by atoms with Crippen molar-refractivity contribution < 1.29 is 19.4 Å². The molecule has 2 rings (SSSR count). The first kappa shape index (κ1) is 13.9. The summed E-state index contributed by atoms with van der Waals surface area (Å²) < 4.78 is 5.15. The largest absolute Gasteiger partial charge is 0.463 e. The fourth-order valence-corrected chi connectivity index (χ4v) is 2.09. The van der Waals surface area contributed by atoms with Crippen molar-refractivity contribution in [2.45, 2.75) is 12.2 Å². The summed E-state index contributed by atoms with van der Waals surface area (Å²) in [5, 5.41) is 19.9. The molecular weight excluding hydrogens is 316 g/mol. The van der Waals surface area contributed by atoms with Crippen molar-refractivity contribution in [1.29, 1.82) is 0 Å². The highest BCUT2D eigenvalue weighted by molar-refractivity contribution is 9.09. The molecular formula is C13H11BrO5. The molecule has 0 spiro atoms. The summed E-state index contributed by atoms with van der Waals surface area (Å²) in [7, 11) is 0. The van der Waals surface area contributed by atoms with E-state index < -0.39 is 17.6 Å². The van der Waals surface area contributed by atoms with Crippen molar-refractivity contribution in [2.75, 3.05) is 5.33 Å². The first-order chi connectivity index (χ1) is 9.08. The third-order valence-corrected chi connectivity index (χ3v) is 3.48. The van der Waals surface area contributed by atoms with Crippen LogP contribution in [0.15, 0.2) is 33.7 Å². The zero-order chi connectivity index (χ0) is 14.0. The molecule has 0 saturated carbocycles. The summed E-state index contributed by atoms with van der Waals surface area (Å²) in [6.45, 7) is 0. The van der Waals surface area contributed by atoms with Gasteiger partial charge in [0, 0.05) is 5.33 Å². The summed E-state index contributed by atoms with van der Waals surface area (Å²) in [4.78, 5) is 22.6. The molecule has 2 unspecified atom stereocenters. The van der Waals surface area contributed by atoms with Gasteiger partial charge in [-0.1, -0.05) is 22.0 Å². The maximum Gasteiger partial charge on any atom is 0.203 e. The number of aliphatic hydroxyl groups is 2. The van der Waals surface area contributed by atoms with E-state index in [1.807, 2.05) is 0 Å². The Morgan fingerprint density at radius 2 is 2.11 bits per heavy atom. The highest BCUT2D eigenvalue weighted by Gasteiger charge is 2.18. The van der Waals surface area contributed by atoms with Crippen LogP contribution in [0.2, 0.25) is 0 Å². The van der Waals surface area contributed by atoms with Gasteiger partial charge in [-0.05, 0) is 17.7 Å². The molecule has 6 heteroatoms. The Labute approximate surface area is 116 Å². The third kappa shape index (κ3) is 2.60. The molecule has 0 fully saturated rings. The van der Waals surface area contributed by atoms with Crippen LogP contribution >= 0.6 is 15.9 Å². The van der Waals surface area contributed by atoms with E-state index in [0.29, 0.717) is 17.4 Å². The molecule has 2 N–H and O–H groups in total. The summed E-state index contributed by atoms with van der Waals surface area (Å²) >= 11 is 3.06. The van der Waals surface area contributed by atoms with Gasteiger partial charge < -0.3 is 14.6 Å². The van der Waals surface area contributed by atoms with Crippen LogP contribution in [0.1, 0.15) is 22.0 Å². The van der Waals surface area contributed by atoms with Crippen molar-refractivity contribution in [2.24, 2.45) is 0 Å². The first-order valence-electron chi connectivity index (χ1n) is 5.51. The Morgan fingerprint density at radius 1 is 1.37 bits per heavy atom. The lowest BCUT2D eigenvalue weighted by Crippen LogP contribution is -2.19. The maximum absolute atomic E-state index is 11.9. The molecule has 100 valence electrons. The van der Waals surface area contributed by atoms with E-state index in [1.54, 1.807) is 6.07 Å². The van der Waals surface area contributed by atoms with Gasteiger partial charge in [0.2, 0.25) is 5.43 Å². The second-order valence-electron chi connectivity index (χ2n) is 4.06. The Hall–Kier alpha value is -1.50. The molecule has 0 aliphatic heterocycles. The van der Waals surface area contributed by atoms with Gasteiger partial charge in [-0.15, -0.1) is 0 Å². The number of alkyl halides is 1. The van der Waals surface area contributed by atoms with Crippen LogP contribution in [-0.4, -0.2) is 27.9 Å². The van der Waals surface area contributed by atoms with Gasteiger partial charge in [-0.3, -0.25) is 9.59 Å². The quantitative estimate of drug-likeness (QED) is 0.655. The van der Waals surface area contributed by atoms with Crippen molar-refractivity contribution in [3.05, 3.63) is 45.8 Å². The normalized spacial score (nSPS) is 14.3. The van der Waals surface area contributed by atoms with E-state index in [2.05, 4.69) is 15.9 Å². The van der Waals surface area contributed by atoms with Gasteiger partial charge in [0.15, 0.2) is 6.29 Å². The number of carbonyl (C=O) groups is 1. The van der Waals surface area contributed by atoms with Crippen LogP contribution in [0.4, 0.5) is 0 Å². The predicted octanol–water partition coefficient (Wildman–Crippen LogP) is 1.39. The van der Waals surface area contributed by atoms with Gasteiger partial charge >= 0.3 is 0 Å². The fraction of sp³-hybridized carbons (Fsp3) is 0.231. The minimum Gasteiger partial charge on any atom is -0.463 e. The average Bonchev–Trinajstić information content (AvgIpc) is 2.46. The molecule has 19 heavy (non-hydrogen) atoms.